The van der Waals surface area contributed by atoms with Gasteiger partial charge in [-0.05, 0) is 55.2 Å². The molecule has 0 saturated carbocycles. The first-order valence-corrected chi connectivity index (χ1v) is 15.7. The molecule has 0 radical (unpaired) electrons. The smallest absolute Gasteiger partial charge is 0.417 e. The van der Waals surface area contributed by atoms with Crippen molar-refractivity contribution < 1.29 is 42.5 Å². The molecule has 11 nitrogen and oxygen atoms in total. The van der Waals surface area contributed by atoms with Gasteiger partial charge in [-0.2, -0.15) is 0 Å². The Kier molecular flexibility index (Phi) is 9.22. The molecule has 1 saturated heterocycles. The Labute approximate surface area is 283 Å². The van der Waals surface area contributed by atoms with Crippen molar-refractivity contribution in [2.24, 2.45) is 0 Å². The van der Waals surface area contributed by atoms with Gasteiger partial charge in [0.15, 0.2) is 17.8 Å². The molecule has 6 rings (SSSR count). The molecular weight excluding hydrogens is 628 g/mol. The summed E-state index contributed by atoms with van der Waals surface area (Å²) < 4.78 is 28.2. The van der Waals surface area contributed by atoms with Crippen LogP contribution in [-0.4, -0.2) is 44.2 Å². The second-order valence-electron chi connectivity index (χ2n) is 12.5. The number of esters is 1. The Balaban J connectivity index is 1.28. The minimum atomic E-state index is -2.03. The van der Waals surface area contributed by atoms with Crippen molar-refractivity contribution in [1.82, 2.24) is 9.88 Å². The molecule has 49 heavy (non-hydrogen) atoms. The van der Waals surface area contributed by atoms with E-state index in [0.717, 1.165) is 21.6 Å². The molecule has 1 N–H and O–H groups in total. The van der Waals surface area contributed by atoms with Gasteiger partial charge in [-0.15, -0.1) is 0 Å². The Morgan fingerprint density at radius 3 is 2.22 bits per heavy atom. The van der Waals surface area contributed by atoms with Gasteiger partial charge in [-0.1, -0.05) is 78.9 Å². The number of hydrogen-bond donors (Lipinski definition) is 1. The summed E-state index contributed by atoms with van der Waals surface area (Å²) in [5.41, 5.74) is 1.12. The van der Waals surface area contributed by atoms with Crippen LogP contribution in [-0.2, 0) is 37.0 Å². The molecule has 0 spiro atoms. The van der Waals surface area contributed by atoms with Gasteiger partial charge in [0.2, 0.25) is 0 Å². The number of hydrogen-bond acceptors (Lipinski definition) is 10. The summed E-state index contributed by atoms with van der Waals surface area (Å²) in [6.07, 6.45) is 0.515. The number of cyclic esters (lactones) is 1. The van der Waals surface area contributed by atoms with E-state index in [0.29, 0.717) is 16.9 Å². The van der Waals surface area contributed by atoms with Gasteiger partial charge < -0.3 is 28.2 Å². The average molecular weight is 665 g/mol. The van der Waals surface area contributed by atoms with Crippen LogP contribution in [0.3, 0.4) is 0 Å². The summed E-state index contributed by atoms with van der Waals surface area (Å²) in [6, 6.07) is 26.7. The fraction of sp³-hybridized carbons (Fsp3) is 0.263. The minimum absolute atomic E-state index is 0.00906. The molecule has 1 aliphatic rings. The number of aromatic nitrogens is 1. The van der Waals surface area contributed by atoms with Gasteiger partial charge in [0.05, 0.1) is 12.8 Å². The van der Waals surface area contributed by atoms with Crippen LogP contribution in [0.25, 0.3) is 22.5 Å². The molecule has 2 aromatic heterocycles. The zero-order valence-corrected chi connectivity index (χ0v) is 27.5. The fourth-order valence-electron chi connectivity index (χ4n) is 5.90. The fourth-order valence-corrected chi connectivity index (χ4v) is 5.90. The van der Waals surface area contributed by atoms with E-state index >= 15 is 0 Å². The van der Waals surface area contributed by atoms with E-state index < -0.39 is 41.3 Å². The molecule has 1 fully saturated rings. The monoisotopic (exact) mass is 664 g/mol. The summed E-state index contributed by atoms with van der Waals surface area (Å²) >= 11 is 0. The van der Waals surface area contributed by atoms with Crippen LogP contribution in [0.5, 0.6) is 0 Å². The number of furan rings is 1. The van der Waals surface area contributed by atoms with Crippen molar-refractivity contribution in [3.05, 3.63) is 126 Å². The Hall–Kier alpha value is -5.52. The lowest BCUT2D eigenvalue weighted by atomic mass is 9.88. The molecule has 2 amide bonds. The third kappa shape index (κ3) is 6.89. The number of carbonyl (C=O) groups is 3. The van der Waals surface area contributed by atoms with Crippen LogP contribution < -0.4 is 0 Å². The third-order valence-electron chi connectivity index (χ3n) is 8.54. The molecule has 0 unspecified atom stereocenters. The van der Waals surface area contributed by atoms with Crippen molar-refractivity contribution >= 4 is 18.0 Å². The zero-order valence-electron chi connectivity index (χ0n) is 27.5. The first kappa shape index (κ1) is 33.4. The van der Waals surface area contributed by atoms with Crippen molar-refractivity contribution in [2.75, 3.05) is 0 Å². The van der Waals surface area contributed by atoms with E-state index in [2.05, 4.69) is 4.98 Å². The molecule has 11 heteroatoms. The Morgan fingerprint density at radius 2 is 1.59 bits per heavy atom. The number of nitrogens with zero attached hydrogens (tertiary/aromatic N) is 2. The average Bonchev–Trinajstić information content (AvgIpc) is 3.86. The molecule has 252 valence electrons. The van der Waals surface area contributed by atoms with Crippen molar-refractivity contribution in [2.45, 2.75) is 64.3 Å². The Bertz CT molecular complexity index is 1920. The van der Waals surface area contributed by atoms with E-state index in [9.17, 15) is 19.5 Å². The molecule has 3 heterocycles. The van der Waals surface area contributed by atoms with Gasteiger partial charge in [-0.3, -0.25) is 9.59 Å². The van der Waals surface area contributed by atoms with Crippen molar-refractivity contribution in [1.29, 1.82) is 0 Å². The summed E-state index contributed by atoms with van der Waals surface area (Å²) in [5.74, 6) is -0.392. The van der Waals surface area contributed by atoms with Crippen LogP contribution in [0, 0.1) is 0 Å². The first-order chi connectivity index (χ1) is 23.5. The predicted octanol–water partition coefficient (Wildman–Crippen LogP) is 7.17. The molecule has 1 aliphatic heterocycles. The highest BCUT2D eigenvalue weighted by Gasteiger charge is 2.57. The second kappa shape index (κ2) is 13.5. The number of rotatable bonds is 11. The molecule has 3 aromatic carbocycles. The number of aliphatic hydroxyl groups is 1. The van der Waals surface area contributed by atoms with Crippen LogP contribution in [0.2, 0.25) is 0 Å². The van der Waals surface area contributed by atoms with E-state index in [1.165, 1.54) is 32.4 Å². The normalized spacial score (nSPS) is 17.3. The lowest BCUT2D eigenvalue weighted by Crippen LogP contribution is -2.54. The number of ether oxygens (including phenoxy) is 3. The number of oxazole rings is 1. The SMILES string of the molecule is CC(=O)OCc1ccc([C@H](O)[C@](C)(OCc2ccc(-c3ccc(-c4cnco4)cc3)cc2)C(=O)N2C(=O)OC(C)(C)[C@@H]2c2ccccc2)o1. The summed E-state index contributed by atoms with van der Waals surface area (Å²) in [7, 11) is 0. The van der Waals surface area contributed by atoms with Crippen molar-refractivity contribution in [3.63, 3.8) is 0 Å². The maximum atomic E-state index is 14.6. The Morgan fingerprint density at radius 1 is 0.939 bits per heavy atom. The van der Waals surface area contributed by atoms with E-state index in [-0.39, 0.29) is 24.7 Å². The van der Waals surface area contributed by atoms with Crippen molar-refractivity contribution in [3.8, 4) is 22.5 Å². The van der Waals surface area contributed by atoms with E-state index in [1.807, 2.05) is 66.7 Å². The lowest BCUT2D eigenvalue weighted by molar-refractivity contribution is -0.176. The topological polar surface area (TPSA) is 142 Å². The standard InChI is InChI=1S/C38H36N2O9/c1-24(41)45-22-30-18-19-31(48-30)34(42)38(4,35(43)40-33(29-8-6-5-7-9-29)37(2,3)49-36(40)44)47-21-25-10-12-26(13-11-25)27-14-16-28(17-15-27)32-20-39-23-46-32/h5-20,23,33-34,42H,21-22H2,1-4H3/t33-,34-,38-/m0/s1. The van der Waals surface area contributed by atoms with Gasteiger partial charge >= 0.3 is 12.1 Å². The molecule has 0 bridgehead atoms. The molecule has 5 aromatic rings. The maximum Gasteiger partial charge on any atom is 0.417 e. The van der Waals surface area contributed by atoms with Crippen LogP contribution in [0.15, 0.2) is 112 Å². The van der Waals surface area contributed by atoms with Gasteiger partial charge in [-0.25, -0.2) is 14.7 Å². The van der Waals surface area contributed by atoms with Gasteiger partial charge in [0.1, 0.15) is 35.9 Å². The van der Waals surface area contributed by atoms with Crippen LogP contribution in [0.4, 0.5) is 4.79 Å². The van der Waals surface area contributed by atoms with Crippen LogP contribution >= 0.6 is 0 Å². The molecular formula is C38H36N2O9. The second-order valence-corrected chi connectivity index (χ2v) is 12.5. The third-order valence-corrected chi connectivity index (χ3v) is 8.54. The number of aliphatic hydroxyl groups excluding tert-OH is 1. The number of imide groups is 1. The van der Waals surface area contributed by atoms with E-state index in [1.54, 1.807) is 32.2 Å². The summed E-state index contributed by atoms with van der Waals surface area (Å²) in [6.45, 7) is 5.88. The summed E-state index contributed by atoms with van der Waals surface area (Å²) in [4.78, 5) is 44.3. The zero-order chi connectivity index (χ0) is 34.8. The molecule has 3 atom stereocenters. The summed E-state index contributed by atoms with van der Waals surface area (Å²) in [5, 5.41) is 11.8. The quantitative estimate of drug-likeness (QED) is 0.144. The number of amides is 2. The van der Waals surface area contributed by atoms with Gasteiger partial charge in [0, 0.05) is 12.5 Å². The van der Waals surface area contributed by atoms with Crippen LogP contribution in [0.1, 0.15) is 62.5 Å². The van der Waals surface area contributed by atoms with Gasteiger partial charge in [0.25, 0.3) is 5.91 Å². The maximum absolute atomic E-state index is 14.6. The highest BCUT2D eigenvalue weighted by molar-refractivity contribution is 5.99. The highest BCUT2D eigenvalue weighted by atomic mass is 16.6. The highest BCUT2D eigenvalue weighted by Crippen LogP contribution is 2.44. The number of benzene rings is 3. The largest absolute Gasteiger partial charge is 0.460 e. The number of carbonyl (C=O) groups excluding carboxylic acids is 3. The predicted molar refractivity (Wildman–Crippen MR) is 176 cm³/mol. The first-order valence-electron chi connectivity index (χ1n) is 15.7. The minimum Gasteiger partial charge on any atom is -0.460 e. The van der Waals surface area contributed by atoms with E-state index in [4.69, 9.17) is 23.0 Å². The molecule has 0 aliphatic carbocycles. The lowest BCUT2D eigenvalue weighted by Gasteiger charge is -2.37.